The smallest absolute Gasteiger partial charge is 0.403 e. The fraction of sp³-hybridized carbons (Fsp3) is 0.300. The van der Waals surface area contributed by atoms with E-state index in [1.54, 1.807) is 0 Å². The normalized spacial score (nSPS) is 11.2. The van der Waals surface area contributed by atoms with Gasteiger partial charge in [0.05, 0.1) is 0 Å². The van der Waals surface area contributed by atoms with Gasteiger partial charge in [0.2, 0.25) is 0 Å². The summed E-state index contributed by atoms with van der Waals surface area (Å²) in [6.45, 7) is 0. The van der Waals surface area contributed by atoms with Gasteiger partial charge in [-0.3, -0.25) is 0 Å². The van der Waals surface area contributed by atoms with E-state index in [4.69, 9.17) is 0 Å². The molecule has 1 aromatic carbocycles. The standard InChI is InChI=1S/C10H8F4O2/c11-9-7(4-2-6-15)3-1-5-8(9)16-10(12,13)14/h1,3,5-6H,2,4H2. The molecular formula is C10H8F4O2. The first kappa shape index (κ1) is 12.5. The number of benzene rings is 1. The monoisotopic (exact) mass is 236 g/mol. The van der Waals surface area contributed by atoms with Crippen LogP contribution in [0.1, 0.15) is 12.0 Å². The fourth-order valence-corrected chi connectivity index (χ4v) is 1.17. The minimum Gasteiger partial charge on any atom is -0.403 e. The molecule has 0 radical (unpaired) electrons. The van der Waals surface area contributed by atoms with E-state index in [2.05, 4.69) is 4.74 Å². The Bertz CT molecular complexity index is 374. The zero-order valence-electron chi connectivity index (χ0n) is 8.05. The second-order valence-corrected chi connectivity index (χ2v) is 2.98. The molecule has 0 atom stereocenters. The third kappa shape index (κ3) is 3.52. The number of carbonyl (C=O) groups excluding carboxylic acids is 1. The lowest BCUT2D eigenvalue weighted by atomic mass is 10.1. The summed E-state index contributed by atoms with van der Waals surface area (Å²) in [4.78, 5) is 10.1. The Morgan fingerprint density at radius 3 is 2.56 bits per heavy atom. The van der Waals surface area contributed by atoms with Crippen molar-refractivity contribution in [1.29, 1.82) is 0 Å². The zero-order valence-corrected chi connectivity index (χ0v) is 8.05. The molecule has 0 saturated heterocycles. The average molecular weight is 236 g/mol. The highest BCUT2D eigenvalue weighted by molar-refractivity contribution is 5.50. The number of rotatable bonds is 4. The van der Waals surface area contributed by atoms with Crippen LogP contribution in [-0.2, 0) is 11.2 Å². The molecule has 1 aromatic rings. The highest BCUT2D eigenvalue weighted by Crippen LogP contribution is 2.27. The molecule has 0 aliphatic carbocycles. The molecule has 0 spiro atoms. The maximum absolute atomic E-state index is 13.4. The van der Waals surface area contributed by atoms with Crippen molar-refractivity contribution in [1.82, 2.24) is 0 Å². The molecule has 88 valence electrons. The quantitative estimate of drug-likeness (QED) is 0.593. The van der Waals surface area contributed by atoms with Crippen molar-refractivity contribution in [2.45, 2.75) is 19.2 Å². The van der Waals surface area contributed by atoms with E-state index in [1.165, 1.54) is 12.1 Å². The van der Waals surface area contributed by atoms with Crippen LogP contribution in [0.25, 0.3) is 0 Å². The van der Waals surface area contributed by atoms with Gasteiger partial charge in [0.25, 0.3) is 0 Å². The van der Waals surface area contributed by atoms with Crippen molar-refractivity contribution < 1.29 is 27.1 Å². The van der Waals surface area contributed by atoms with Crippen molar-refractivity contribution in [2.24, 2.45) is 0 Å². The Kier molecular flexibility index (Phi) is 3.87. The number of ether oxygens (including phenoxy) is 1. The first-order chi connectivity index (χ1) is 7.44. The molecule has 1 rings (SSSR count). The van der Waals surface area contributed by atoms with E-state index in [0.717, 1.165) is 6.07 Å². The van der Waals surface area contributed by atoms with Crippen LogP contribution in [0.5, 0.6) is 5.75 Å². The summed E-state index contributed by atoms with van der Waals surface area (Å²) in [6, 6.07) is 3.43. The third-order valence-corrected chi connectivity index (χ3v) is 1.80. The summed E-state index contributed by atoms with van der Waals surface area (Å²) in [7, 11) is 0. The number of halogens is 4. The van der Waals surface area contributed by atoms with Crippen LogP contribution in [0.2, 0.25) is 0 Å². The molecule has 2 nitrogen and oxygen atoms in total. The predicted octanol–water partition coefficient (Wildman–Crippen LogP) is 2.86. The van der Waals surface area contributed by atoms with Crippen LogP contribution in [-0.4, -0.2) is 12.6 Å². The number of aryl methyl sites for hydroxylation is 1. The molecule has 0 amide bonds. The Morgan fingerprint density at radius 2 is 2.00 bits per heavy atom. The van der Waals surface area contributed by atoms with Gasteiger partial charge >= 0.3 is 6.36 Å². The van der Waals surface area contributed by atoms with Crippen LogP contribution in [0.3, 0.4) is 0 Å². The van der Waals surface area contributed by atoms with E-state index in [-0.39, 0.29) is 18.4 Å². The minimum absolute atomic E-state index is 0.0221. The van der Waals surface area contributed by atoms with E-state index >= 15 is 0 Å². The molecule has 0 aliphatic rings. The van der Waals surface area contributed by atoms with Gasteiger partial charge in [0.15, 0.2) is 11.6 Å². The highest BCUT2D eigenvalue weighted by atomic mass is 19.4. The van der Waals surface area contributed by atoms with Gasteiger partial charge in [-0.2, -0.15) is 0 Å². The average Bonchev–Trinajstić information content (AvgIpc) is 2.17. The Hall–Kier alpha value is -1.59. The van der Waals surface area contributed by atoms with Crippen molar-refractivity contribution in [3.05, 3.63) is 29.6 Å². The Morgan fingerprint density at radius 1 is 1.31 bits per heavy atom. The first-order valence-electron chi connectivity index (χ1n) is 4.41. The number of hydrogen-bond donors (Lipinski definition) is 0. The lowest BCUT2D eigenvalue weighted by molar-refractivity contribution is -0.275. The third-order valence-electron chi connectivity index (χ3n) is 1.80. The summed E-state index contributed by atoms with van der Waals surface area (Å²) in [6.07, 6.45) is -4.27. The van der Waals surface area contributed by atoms with Gasteiger partial charge in [-0.1, -0.05) is 12.1 Å². The molecule has 16 heavy (non-hydrogen) atoms. The van der Waals surface area contributed by atoms with Crippen molar-refractivity contribution in [3.63, 3.8) is 0 Å². The molecule has 6 heteroatoms. The van der Waals surface area contributed by atoms with Crippen LogP contribution in [0.4, 0.5) is 17.6 Å². The lowest BCUT2D eigenvalue weighted by Gasteiger charge is -2.11. The SMILES string of the molecule is O=CCCc1cccc(OC(F)(F)F)c1F. The van der Waals surface area contributed by atoms with Gasteiger partial charge in [-0.25, -0.2) is 4.39 Å². The number of aldehydes is 1. The Balaban J connectivity index is 2.90. The maximum Gasteiger partial charge on any atom is 0.573 e. The fourth-order valence-electron chi connectivity index (χ4n) is 1.17. The lowest BCUT2D eigenvalue weighted by Crippen LogP contribution is -2.18. The summed E-state index contributed by atoms with van der Waals surface area (Å²) in [5.41, 5.74) is 0.0221. The molecule has 0 aromatic heterocycles. The molecule has 0 aliphatic heterocycles. The van der Waals surface area contributed by atoms with Gasteiger partial charge in [-0.05, 0) is 18.1 Å². The van der Waals surface area contributed by atoms with Gasteiger partial charge in [-0.15, -0.1) is 13.2 Å². The van der Waals surface area contributed by atoms with E-state index in [9.17, 15) is 22.4 Å². The maximum atomic E-state index is 13.4. The molecule has 0 unspecified atom stereocenters. The summed E-state index contributed by atoms with van der Waals surface area (Å²) in [5, 5.41) is 0. The molecule has 0 N–H and O–H groups in total. The van der Waals surface area contributed by atoms with E-state index < -0.39 is 17.9 Å². The number of carbonyl (C=O) groups is 1. The van der Waals surface area contributed by atoms with Crippen molar-refractivity contribution in [3.8, 4) is 5.75 Å². The van der Waals surface area contributed by atoms with Gasteiger partial charge < -0.3 is 9.53 Å². The van der Waals surface area contributed by atoms with Crippen LogP contribution >= 0.6 is 0 Å². The number of hydrogen-bond acceptors (Lipinski definition) is 2. The van der Waals surface area contributed by atoms with Crippen molar-refractivity contribution in [2.75, 3.05) is 0 Å². The molecule has 0 heterocycles. The molecule has 0 fully saturated rings. The minimum atomic E-state index is -4.93. The predicted molar refractivity (Wildman–Crippen MR) is 47.5 cm³/mol. The zero-order chi connectivity index (χ0) is 12.2. The van der Waals surface area contributed by atoms with Crippen LogP contribution < -0.4 is 4.74 Å². The van der Waals surface area contributed by atoms with Crippen molar-refractivity contribution >= 4 is 6.29 Å². The van der Waals surface area contributed by atoms with Gasteiger partial charge in [0.1, 0.15) is 6.29 Å². The van der Waals surface area contributed by atoms with Gasteiger partial charge in [0, 0.05) is 6.42 Å². The summed E-state index contributed by atoms with van der Waals surface area (Å²) < 4.78 is 52.5. The van der Waals surface area contributed by atoms with Crippen LogP contribution in [0.15, 0.2) is 18.2 Å². The molecular weight excluding hydrogens is 228 g/mol. The molecule has 0 saturated carbocycles. The summed E-state index contributed by atoms with van der Waals surface area (Å²) in [5.74, 6) is -1.96. The van der Waals surface area contributed by atoms with Crippen LogP contribution in [0, 0.1) is 5.82 Å². The largest absolute Gasteiger partial charge is 0.573 e. The molecule has 0 bridgehead atoms. The second kappa shape index (κ2) is 4.96. The van der Waals surface area contributed by atoms with E-state index in [0.29, 0.717) is 6.29 Å². The Labute approximate surface area is 88.8 Å². The summed E-state index contributed by atoms with van der Waals surface area (Å²) >= 11 is 0. The van der Waals surface area contributed by atoms with E-state index in [1.807, 2.05) is 0 Å². The second-order valence-electron chi connectivity index (χ2n) is 2.98. The highest BCUT2D eigenvalue weighted by Gasteiger charge is 2.32. The number of alkyl halides is 3. The topological polar surface area (TPSA) is 26.3 Å². The first-order valence-corrected chi connectivity index (χ1v) is 4.41.